The monoisotopic (exact) mass is 491 g/mol. The van der Waals surface area contributed by atoms with Crippen LogP contribution in [0.3, 0.4) is 0 Å². The molecular formula is C21H16Cl3N5O3. The van der Waals surface area contributed by atoms with E-state index in [2.05, 4.69) is 20.1 Å². The van der Waals surface area contributed by atoms with Crippen molar-refractivity contribution >= 4 is 58.0 Å². The first kappa shape index (κ1) is 23.4. The van der Waals surface area contributed by atoms with Crippen molar-refractivity contribution in [2.45, 2.75) is 0 Å². The van der Waals surface area contributed by atoms with Crippen LogP contribution in [0.25, 0.3) is 16.1 Å². The fourth-order valence-corrected chi connectivity index (χ4v) is 3.92. The maximum Gasteiger partial charge on any atom is 0.327 e. The number of benzene rings is 2. The Morgan fingerprint density at radius 1 is 1.06 bits per heavy atom. The van der Waals surface area contributed by atoms with Crippen LogP contribution >= 0.6 is 34.8 Å². The Bertz CT molecular complexity index is 1200. The number of nitrogens with one attached hydrogen (secondary N) is 1. The van der Waals surface area contributed by atoms with Crippen molar-refractivity contribution in [1.29, 1.82) is 0 Å². The molecule has 1 aromatic heterocycles. The summed E-state index contributed by atoms with van der Waals surface area (Å²) in [5.74, 6) is 0.522. The van der Waals surface area contributed by atoms with Crippen LogP contribution < -0.4 is 19.7 Å². The zero-order valence-corrected chi connectivity index (χ0v) is 19.4. The van der Waals surface area contributed by atoms with E-state index in [1.54, 1.807) is 24.3 Å². The molecule has 0 fully saturated rings. The van der Waals surface area contributed by atoms with E-state index in [4.69, 9.17) is 50.8 Å². The molecule has 0 unspecified atom stereocenters. The summed E-state index contributed by atoms with van der Waals surface area (Å²) < 4.78 is 10.4. The Kier molecular flexibility index (Phi) is 7.26. The van der Waals surface area contributed by atoms with E-state index in [1.807, 2.05) is 6.07 Å². The molecule has 3 aromatic rings. The molecule has 0 spiro atoms. The molecule has 0 aliphatic rings. The van der Waals surface area contributed by atoms with Gasteiger partial charge in [-0.25, -0.2) is 19.6 Å². The van der Waals surface area contributed by atoms with Gasteiger partial charge in [0.2, 0.25) is 0 Å². The Morgan fingerprint density at radius 2 is 1.72 bits per heavy atom. The summed E-state index contributed by atoms with van der Waals surface area (Å²) >= 11 is 18.9. The lowest BCUT2D eigenvalue weighted by Crippen LogP contribution is -2.32. The molecule has 0 atom stereocenters. The molecule has 0 radical (unpaired) electrons. The van der Waals surface area contributed by atoms with Gasteiger partial charge in [0.1, 0.15) is 27.2 Å². The highest BCUT2D eigenvalue weighted by Crippen LogP contribution is 2.50. The van der Waals surface area contributed by atoms with Crippen LogP contribution in [-0.2, 0) is 0 Å². The Morgan fingerprint density at radius 3 is 2.31 bits per heavy atom. The third-order valence-corrected chi connectivity index (χ3v) is 5.51. The van der Waals surface area contributed by atoms with E-state index in [0.717, 1.165) is 0 Å². The third kappa shape index (κ3) is 4.50. The number of halogens is 3. The minimum absolute atomic E-state index is 0.0179. The summed E-state index contributed by atoms with van der Waals surface area (Å²) in [4.78, 5) is 26.0. The van der Waals surface area contributed by atoms with Gasteiger partial charge in [0.05, 0.1) is 32.2 Å². The van der Waals surface area contributed by atoms with Gasteiger partial charge >= 0.3 is 6.03 Å². The van der Waals surface area contributed by atoms with E-state index in [9.17, 15) is 4.79 Å². The molecular weight excluding hydrogens is 477 g/mol. The molecule has 2 aromatic carbocycles. The molecule has 0 aliphatic heterocycles. The van der Waals surface area contributed by atoms with E-state index in [0.29, 0.717) is 22.8 Å². The number of anilines is 2. The highest BCUT2D eigenvalue weighted by Gasteiger charge is 2.25. The highest BCUT2D eigenvalue weighted by molar-refractivity contribution is 6.45. The van der Waals surface area contributed by atoms with E-state index >= 15 is 0 Å². The molecule has 0 saturated carbocycles. The molecule has 8 nitrogen and oxygen atoms in total. The lowest BCUT2D eigenvalue weighted by atomic mass is 10.1. The van der Waals surface area contributed by atoms with Crippen molar-refractivity contribution in [3.63, 3.8) is 0 Å². The molecule has 164 valence electrons. The Hall–Kier alpha value is -3.25. The van der Waals surface area contributed by atoms with Crippen LogP contribution in [0.15, 0.2) is 36.7 Å². The minimum atomic E-state index is -0.584. The predicted octanol–water partition coefficient (Wildman–Crippen LogP) is 6.34. The Labute approximate surface area is 199 Å². The van der Waals surface area contributed by atoms with Crippen molar-refractivity contribution in [2.24, 2.45) is 0 Å². The fourth-order valence-electron chi connectivity index (χ4n) is 2.81. The van der Waals surface area contributed by atoms with E-state index < -0.39 is 6.03 Å². The largest absolute Gasteiger partial charge is 0.493 e. The summed E-state index contributed by atoms with van der Waals surface area (Å²) in [5, 5.41) is 2.75. The average molecular weight is 493 g/mol. The van der Waals surface area contributed by atoms with Crippen LogP contribution in [-0.4, -0.2) is 37.3 Å². The van der Waals surface area contributed by atoms with Crippen LogP contribution in [0, 0.1) is 6.57 Å². The second-order valence-electron chi connectivity index (χ2n) is 6.30. The molecule has 1 N–H and O–H groups in total. The molecule has 2 amide bonds. The number of carbonyl (C=O) groups is 1. The zero-order valence-electron chi connectivity index (χ0n) is 17.1. The first-order valence-electron chi connectivity index (χ1n) is 8.95. The summed E-state index contributed by atoms with van der Waals surface area (Å²) in [7, 11) is 4.27. The number of methoxy groups -OCH3 is 2. The van der Waals surface area contributed by atoms with E-state index in [1.165, 1.54) is 32.5 Å². The number of ether oxygens (including phenoxy) is 2. The second-order valence-corrected chi connectivity index (χ2v) is 7.43. The normalized spacial score (nSPS) is 10.3. The standard InChI is InChI=1S/C21H16Cl3N5O3/c1-25-12-7-5-6-11(8-12)13-9-14(27-10-26-13)29(2)21(30)28-18-15(22)19(31-3)17(24)20(32-4)16(18)23/h5-10H,2-4H3,(H,28,30). The van der Waals surface area contributed by atoms with Gasteiger partial charge in [-0.3, -0.25) is 4.90 Å². The zero-order chi connectivity index (χ0) is 23.4. The average Bonchev–Trinajstić information content (AvgIpc) is 2.82. The van der Waals surface area contributed by atoms with Crippen molar-refractivity contribution in [1.82, 2.24) is 9.97 Å². The van der Waals surface area contributed by atoms with Crippen molar-refractivity contribution in [3.05, 3.63) is 63.1 Å². The maximum absolute atomic E-state index is 12.9. The lowest BCUT2D eigenvalue weighted by molar-refractivity contribution is 0.258. The van der Waals surface area contributed by atoms with Gasteiger partial charge < -0.3 is 14.8 Å². The quantitative estimate of drug-likeness (QED) is 0.420. The number of rotatable bonds is 5. The maximum atomic E-state index is 12.9. The third-order valence-electron chi connectivity index (χ3n) is 4.45. The van der Waals surface area contributed by atoms with Gasteiger partial charge in [0.15, 0.2) is 17.2 Å². The summed E-state index contributed by atoms with van der Waals surface area (Å²) in [5.41, 5.74) is 1.81. The second kappa shape index (κ2) is 9.92. The fraction of sp³-hybridized carbons (Fsp3) is 0.143. The van der Waals surface area contributed by atoms with Gasteiger partial charge in [-0.2, -0.15) is 0 Å². The van der Waals surface area contributed by atoms with Crippen LogP contribution in [0.1, 0.15) is 0 Å². The minimum Gasteiger partial charge on any atom is -0.493 e. The van der Waals surface area contributed by atoms with Gasteiger partial charge in [0.25, 0.3) is 0 Å². The molecule has 0 saturated heterocycles. The van der Waals surface area contributed by atoms with Crippen molar-refractivity contribution in [2.75, 3.05) is 31.5 Å². The van der Waals surface area contributed by atoms with Crippen molar-refractivity contribution < 1.29 is 14.3 Å². The lowest BCUT2D eigenvalue weighted by Gasteiger charge is -2.21. The van der Waals surface area contributed by atoms with Crippen LogP contribution in [0.4, 0.5) is 22.0 Å². The number of nitrogens with zero attached hydrogens (tertiary/aromatic N) is 4. The predicted molar refractivity (Wildman–Crippen MR) is 126 cm³/mol. The number of amides is 2. The first-order chi connectivity index (χ1) is 15.3. The topological polar surface area (TPSA) is 80.9 Å². The molecule has 0 bridgehead atoms. The molecule has 1 heterocycles. The Balaban J connectivity index is 1.93. The number of carbonyl (C=O) groups excluding carboxylic acids is 1. The smallest absolute Gasteiger partial charge is 0.327 e. The number of hydrogen-bond acceptors (Lipinski definition) is 5. The van der Waals surface area contributed by atoms with Crippen LogP contribution in [0.2, 0.25) is 15.1 Å². The summed E-state index contributed by atoms with van der Waals surface area (Å²) in [6.07, 6.45) is 1.33. The van der Waals surface area contributed by atoms with Gasteiger partial charge in [-0.05, 0) is 11.6 Å². The molecule has 32 heavy (non-hydrogen) atoms. The number of aromatic nitrogens is 2. The van der Waals surface area contributed by atoms with Gasteiger partial charge in [0, 0.05) is 13.1 Å². The molecule has 0 aliphatic carbocycles. The summed E-state index contributed by atoms with van der Waals surface area (Å²) in [6, 6.07) is 8.00. The number of hydrogen-bond donors (Lipinski definition) is 1. The van der Waals surface area contributed by atoms with Gasteiger partial charge in [-0.15, -0.1) is 0 Å². The van der Waals surface area contributed by atoms with Crippen LogP contribution in [0.5, 0.6) is 11.5 Å². The molecule has 3 rings (SSSR count). The van der Waals surface area contributed by atoms with Crippen molar-refractivity contribution in [3.8, 4) is 22.8 Å². The highest BCUT2D eigenvalue weighted by atomic mass is 35.5. The molecule has 11 heteroatoms. The number of urea groups is 1. The summed E-state index contributed by atoms with van der Waals surface area (Å²) in [6.45, 7) is 7.17. The first-order valence-corrected chi connectivity index (χ1v) is 10.1. The SMILES string of the molecule is [C-]#[N+]c1cccc(-c2cc(N(C)C(=O)Nc3c(Cl)c(OC)c(Cl)c(OC)c3Cl)ncn2)c1. The van der Waals surface area contributed by atoms with E-state index in [-0.39, 0.29) is 32.3 Å². The van der Waals surface area contributed by atoms with Gasteiger partial charge in [-0.1, -0.05) is 53.0 Å².